The Morgan fingerprint density at radius 2 is 2.25 bits per heavy atom. The van der Waals surface area contributed by atoms with Gasteiger partial charge in [0.05, 0.1) is 16.7 Å². The number of rotatable bonds is 1. The van der Waals surface area contributed by atoms with E-state index in [1.165, 1.54) is 0 Å². The zero-order chi connectivity index (χ0) is 13.5. The van der Waals surface area contributed by atoms with E-state index in [0.717, 1.165) is 33.7 Å². The van der Waals surface area contributed by atoms with Gasteiger partial charge < -0.3 is 9.72 Å². The van der Waals surface area contributed by atoms with Crippen molar-refractivity contribution in [1.29, 1.82) is 0 Å². The molecule has 3 heterocycles. The van der Waals surface area contributed by atoms with Crippen LogP contribution in [-0.2, 0) is 11.3 Å². The minimum atomic E-state index is -0.431. The second-order valence-corrected chi connectivity index (χ2v) is 4.55. The van der Waals surface area contributed by atoms with Crippen molar-refractivity contribution in [2.24, 2.45) is 0 Å². The standard InChI is InChI=1S/C14H10N4O2/c19-14-18-10-5-12-11(4-9(10)7-20-14)16-13(17-12)8-2-1-3-15-6-8/h1-6H,7H2,(H,16,17)(H,18,19). The van der Waals surface area contributed by atoms with E-state index in [1.807, 2.05) is 24.3 Å². The van der Waals surface area contributed by atoms with E-state index >= 15 is 0 Å². The third-order valence-corrected chi connectivity index (χ3v) is 3.24. The van der Waals surface area contributed by atoms with Gasteiger partial charge in [0, 0.05) is 23.5 Å². The summed E-state index contributed by atoms with van der Waals surface area (Å²) in [5.41, 5.74) is 4.30. The molecular formula is C14H10N4O2. The summed E-state index contributed by atoms with van der Waals surface area (Å²) in [6.07, 6.45) is 3.04. The van der Waals surface area contributed by atoms with Crippen LogP contribution in [0.2, 0.25) is 0 Å². The van der Waals surface area contributed by atoms with E-state index in [9.17, 15) is 4.79 Å². The third kappa shape index (κ3) is 1.70. The highest BCUT2D eigenvalue weighted by Crippen LogP contribution is 2.28. The molecule has 2 N–H and O–H groups in total. The molecule has 0 bridgehead atoms. The Morgan fingerprint density at radius 1 is 1.30 bits per heavy atom. The zero-order valence-corrected chi connectivity index (χ0v) is 10.4. The van der Waals surface area contributed by atoms with Gasteiger partial charge >= 0.3 is 6.09 Å². The molecule has 4 rings (SSSR count). The molecule has 0 atom stereocenters. The molecule has 0 spiro atoms. The lowest BCUT2D eigenvalue weighted by atomic mass is 10.1. The normalized spacial score (nSPS) is 13.7. The Balaban J connectivity index is 1.86. The first-order valence-electron chi connectivity index (χ1n) is 6.16. The summed E-state index contributed by atoms with van der Waals surface area (Å²) < 4.78 is 4.95. The lowest BCUT2D eigenvalue weighted by molar-refractivity contribution is 0.151. The van der Waals surface area contributed by atoms with E-state index in [-0.39, 0.29) is 6.61 Å². The Hall–Kier alpha value is -2.89. The molecule has 0 saturated heterocycles. The molecule has 2 aromatic heterocycles. The number of nitrogens with one attached hydrogen (secondary N) is 2. The van der Waals surface area contributed by atoms with Crippen LogP contribution in [-0.4, -0.2) is 21.0 Å². The average molecular weight is 266 g/mol. The maximum Gasteiger partial charge on any atom is 0.411 e. The fourth-order valence-electron chi connectivity index (χ4n) is 2.27. The van der Waals surface area contributed by atoms with Crippen molar-refractivity contribution in [3.05, 3.63) is 42.2 Å². The summed E-state index contributed by atoms with van der Waals surface area (Å²) in [7, 11) is 0. The van der Waals surface area contributed by atoms with Gasteiger partial charge in [-0.1, -0.05) is 0 Å². The van der Waals surface area contributed by atoms with Gasteiger partial charge in [-0.3, -0.25) is 10.3 Å². The zero-order valence-electron chi connectivity index (χ0n) is 10.4. The van der Waals surface area contributed by atoms with Crippen LogP contribution in [0.5, 0.6) is 0 Å². The molecule has 98 valence electrons. The molecule has 0 unspecified atom stereocenters. The summed E-state index contributed by atoms with van der Waals surface area (Å²) in [5.74, 6) is 0.752. The summed E-state index contributed by atoms with van der Waals surface area (Å²) in [6, 6.07) is 7.59. The molecule has 0 fully saturated rings. The van der Waals surface area contributed by atoms with Crippen molar-refractivity contribution in [2.75, 3.05) is 5.32 Å². The molecule has 20 heavy (non-hydrogen) atoms. The summed E-state index contributed by atoms with van der Waals surface area (Å²) in [5, 5.41) is 2.67. The lowest BCUT2D eigenvalue weighted by Crippen LogP contribution is -2.20. The van der Waals surface area contributed by atoms with Gasteiger partial charge in [-0.05, 0) is 24.3 Å². The number of ether oxygens (including phenoxy) is 1. The SMILES string of the molecule is O=C1Nc2cc3nc(-c4cccnc4)[nH]c3cc2CO1. The fraction of sp³-hybridized carbons (Fsp3) is 0.0714. The number of H-pyrrole nitrogens is 1. The Bertz CT molecular complexity index is 811. The van der Waals surface area contributed by atoms with Crippen molar-refractivity contribution in [2.45, 2.75) is 6.61 Å². The molecule has 3 aromatic rings. The number of pyridine rings is 1. The summed E-state index contributed by atoms with van der Waals surface area (Å²) in [4.78, 5) is 23.1. The molecular weight excluding hydrogens is 256 g/mol. The van der Waals surface area contributed by atoms with Gasteiger partial charge in [0.25, 0.3) is 0 Å². The summed E-state index contributed by atoms with van der Waals surface area (Å²) in [6.45, 7) is 0.276. The minimum Gasteiger partial charge on any atom is -0.444 e. The van der Waals surface area contributed by atoms with Crippen molar-refractivity contribution in [3.8, 4) is 11.4 Å². The van der Waals surface area contributed by atoms with Crippen LogP contribution in [0, 0.1) is 0 Å². The van der Waals surface area contributed by atoms with Gasteiger partial charge in [-0.25, -0.2) is 9.78 Å². The molecule has 6 heteroatoms. The molecule has 1 aliphatic rings. The Morgan fingerprint density at radius 3 is 3.10 bits per heavy atom. The van der Waals surface area contributed by atoms with Crippen molar-refractivity contribution in [3.63, 3.8) is 0 Å². The van der Waals surface area contributed by atoms with Gasteiger partial charge in [0.1, 0.15) is 12.4 Å². The first-order chi connectivity index (χ1) is 9.79. The Kier molecular flexibility index (Phi) is 2.23. The van der Waals surface area contributed by atoms with Gasteiger partial charge in [-0.2, -0.15) is 0 Å². The van der Waals surface area contributed by atoms with E-state index in [2.05, 4.69) is 20.3 Å². The predicted octanol–water partition coefficient (Wildman–Crippen LogP) is 2.69. The number of hydrogen-bond acceptors (Lipinski definition) is 4. The number of hydrogen-bond donors (Lipinski definition) is 2. The van der Waals surface area contributed by atoms with Gasteiger partial charge in [-0.15, -0.1) is 0 Å². The van der Waals surface area contributed by atoms with Crippen LogP contribution in [0.3, 0.4) is 0 Å². The largest absolute Gasteiger partial charge is 0.444 e. The smallest absolute Gasteiger partial charge is 0.411 e. The molecule has 1 aromatic carbocycles. The number of amides is 1. The second-order valence-electron chi connectivity index (χ2n) is 4.55. The van der Waals surface area contributed by atoms with Gasteiger partial charge in [0.15, 0.2) is 0 Å². The van der Waals surface area contributed by atoms with E-state index in [1.54, 1.807) is 12.4 Å². The number of aromatic nitrogens is 3. The van der Waals surface area contributed by atoms with Crippen LogP contribution in [0.15, 0.2) is 36.7 Å². The molecule has 1 amide bonds. The first kappa shape index (κ1) is 11.0. The van der Waals surface area contributed by atoms with E-state index < -0.39 is 6.09 Å². The quantitative estimate of drug-likeness (QED) is 0.709. The topological polar surface area (TPSA) is 79.9 Å². The van der Waals surface area contributed by atoms with Crippen molar-refractivity contribution in [1.82, 2.24) is 15.0 Å². The van der Waals surface area contributed by atoms with E-state index in [4.69, 9.17) is 4.74 Å². The maximum absolute atomic E-state index is 11.2. The molecule has 0 radical (unpaired) electrons. The average Bonchev–Trinajstić information content (AvgIpc) is 2.88. The van der Waals surface area contributed by atoms with Gasteiger partial charge in [0.2, 0.25) is 0 Å². The highest BCUT2D eigenvalue weighted by molar-refractivity contribution is 5.92. The maximum atomic E-state index is 11.2. The minimum absolute atomic E-state index is 0.276. The molecule has 0 aliphatic carbocycles. The lowest BCUT2D eigenvalue weighted by Gasteiger charge is -2.16. The number of fused-ring (bicyclic) bond motifs is 2. The third-order valence-electron chi connectivity index (χ3n) is 3.24. The number of imidazole rings is 1. The number of anilines is 1. The highest BCUT2D eigenvalue weighted by Gasteiger charge is 2.17. The highest BCUT2D eigenvalue weighted by atomic mass is 16.5. The summed E-state index contributed by atoms with van der Waals surface area (Å²) >= 11 is 0. The molecule has 1 aliphatic heterocycles. The fourth-order valence-corrected chi connectivity index (χ4v) is 2.27. The molecule has 0 saturated carbocycles. The van der Waals surface area contributed by atoms with E-state index in [0.29, 0.717) is 0 Å². The number of benzene rings is 1. The predicted molar refractivity (Wildman–Crippen MR) is 73.1 cm³/mol. The number of cyclic esters (lactones) is 1. The van der Waals surface area contributed by atoms with Crippen LogP contribution in [0.25, 0.3) is 22.4 Å². The number of aromatic amines is 1. The number of carbonyl (C=O) groups excluding carboxylic acids is 1. The van der Waals surface area contributed by atoms with Crippen molar-refractivity contribution >= 4 is 22.8 Å². The van der Waals surface area contributed by atoms with Crippen LogP contribution < -0.4 is 5.32 Å². The van der Waals surface area contributed by atoms with Crippen LogP contribution in [0.1, 0.15) is 5.56 Å². The number of carbonyl (C=O) groups is 1. The van der Waals surface area contributed by atoms with Crippen molar-refractivity contribution < 1.29 is 9.53 Å². The van der Waals surface area contributed by atoms with Crippen LogP contribution in [0.4, 0.5) is 10.5 Å². The number of nitrogens with zero attached hydrogens (tertiary/aromatic N) is 2. The second kappa shape index (κ2) is 4.06. The van der Waals surface area contributed by atoms with Crippen LogP contribution >= 0.6 is 0 Å². The monoisotopic (exact) mass is 266 g/mol. The first-order valence-corrected chi connectivity index (χ1v) is 6.16. The molecule has 6 nitrogen and oxygen atoms in total. The Labute approximate surface area is 113 Å².